The third kappa shape index (κ3) is 3.92. The summed E-state index contributed by atoms with van der Waals surface area (Å²) < 4.78 is 22.3. The van der Waals surface area contributed by atoms with E-state index in [4.69, 9.17) is 0 Å². The summed E-state index contributed by atoms with van der Waals surface area (Å²) in [4.78, 5) is 22.3. The molecule has 92 valence electrons. The Morgan fingerprint density at radius 3 is 2.31 bits per heavy atom. The highest BCUT2D eigenvalue weighted by Gasteiger charge is 2.35. The van der Waals surface area contributed by atoms with E-state index in [0.717, 1.165) is 6.26 Å². The van der Waals surface area contributed by atoms with Crippen LogP contribution in [0.2, 0.25) is 0 Å². The van der Waals surface area contributed by atoms with E-state index >= 15 is 0 Å². The van der Waals surface area contributed by atoms with Crippen LogP contribution in [0.25, 0.3) is 0 Å². The third-order valence-electron chi connectivity index (χ3n) is 2.40. The van der Waals surface area contributed by atoms with Crippen LogP contribution < -0.4 is 5.32 Å². The van der Waals surface area contributed by atoms with Crippen LogP contribution in [0.1, 0.15) is 26.7 Å². The molecule has 1 N–H and O–H groups in total. The molecule has 0 heterocycles. The van der Waals surface area contributed by atoms with Gasteiger partial charge in [-0.05, 0) is 13.8 Å². The molecule has 0 unspecified atom stereocenters. The molecule has 5 nitrogen and oxygen atoms in total. The Kier molecular flexibility index (Phi) is 3.42. The molecule has 1 fully saturated rings. The Bertz CT molecular complexity index is 403. The fourth-order valence-corrected chi connectivity index (χ4v) is 3.19. The zero-order valence-electron chi connectivity index (χ0n) is 9.74. The highest BCUT2D eigenvalue weighted by atomic mass is 32.2. The first-order chi connectivity index (χ1) is 7.09. The Hall–Kier alpha value is -0.910. The molecular weight excluding hydrogens is 230 g/mol. The molecule has 16 heavy (non-hydrogen) atoms. The van der Waals surface area contributed by atoms with Crippen LogP contribution in [0, 0.1) is 5.92 Å². The Balaban J connectivity index is 2.52. The fraction of sp³-hybridized carbons (Fsp3) is 0.800. The number of carbonyl (C=O) groups excluding carboxylic acids is 2. The molecule has 0 aromatic heterocycles. The molecule has 0 aromatic rings. The molecular formula is C10H17NO4S. The second-order valence-corrected chi connectivity index (χ2v) is 7.23. The van der Waals surface area contributed by atoms with Crippen molar-refractivity contribution < 1.29 is 18.0 Å². The molecule has 0 radical (unpaired) electrons. The van der Waals surface area contributed by atoms with E-state index in [1.54, 1.807) is 13.8 Å². The van der Waals surface area contributed by atoms with Crippen LogP contribution in [-0.2, 0) is 19.4 Å². The van der Waals surface area contributed by atoms with Gasteiger partial charge in [-0.3, -0.25) is 9.59 Å². The second kappa shape index (κ2) is 4.16. The number of Topliss-reactive ketones (excluding diaryl/α,β-unsaturated/α-hetero) is 1. The number of nitrogens with one attached hydrogen (secondary N) is 1. The lowest BCUT2D eigenvalue weighted by molar-refractivity contribution is -0.138. The average Bonchev–Trinajstić information content (AvgIpc) is 1.91. The number of rotatable bonds is 4. The maximum absolute atomic E-state index is 11.6. The van der Waals surface area contributed by atoms with Crippen molar-refractivity contribution in [2.75, 3.05) is 12.0 Å². The minimum absolute atomic E-state index is 0.0843. The third-order valence-corrected chi connectivity index (χ3v) is 3.65. The molecule has 1 aliphatic rings. The smallest absolute Gasteiger partial charge is 0.224 e. The highest BCUT2D eigenvalue weighted by molar-refractivity contribution is 7.90. The van der Waals surface area contributed by atoms with Crippen LogP contribution in [0.5, 0.6) is 0 Å². The number of carbonyl (C=O) groups is 2. The predicted molar refractivity (Wildman–Crippen MR) is 59.7 cm³/mol. The van der Waals surface area contributed by atoms with Crippen molar-refractivity contribution in [2.24, 2.45) is 5.92 Å². The van der Waals surface area contributed by atoms with E-state index in [1.807, 2.05) is 0 Å². The summed E-state index contributed by atoms with van der Waals surface area (Å²) >= 11 is 0. The van der Waals surface area contributed by atoms with Crippen LogP contribution >= 0.6 is 0 Å². The Labute approximate surface area is 95.5 Å². The van der Waals surface area contributed by atoms with Gasteiger partial charge in [-0.15, -0.1) is 0 Å². The molecule has 6 heteroatoms. The first kappa shape index (κ1) is 13.2. The monoisotopic (exact) mass is 247 g/mol. The largest absolute Gasteiger partial charge is 0.350 e. The van der Waals surface area contributed by atoms with Crippen LogP contribution in [-0.4, -0.2) is 37.7 Å². The maximum Gasteiger partial charge on any atom is 0.224 e. The van der Waals surface area contributed by atoms with Gasteiger partial charge in [0.05, 0.1) is 11.7 Å². The fourth-order valence-electron chi connectivity index (χ4n) is 1.80. The van der Waals surface area contributed by atoms with Crippen LogP contribution in [0.4, 0.5) is 0 Å². The number of ketones is 1. The van der Waals surface area contributed by atoms with Crippen molar-refractivity contribution in [2.45, 2.75) is 32.2 Å². The van der Waals surface area contributed by atoms with Crippen molar-refractivity contribution in [3.05, 3.63) is 0 Å². The van der Waals surface area contributed by atoms with E-state index in [-0.39, 0.29) is 36.2 Å². The Morgan fingerprint density at radius 2 is 1.94 bits per heavy atom. The van der Waals surface area contributed by atoms with Crippen molar-refractivity contribution in [3.8, 4) is 0 Å². The molecule has 0 saturated heterocycles. The van der Waals surface area contributed by atoms with E-state index < -0.39 is 15.4 Å². The minimum atomic E-state index is -3.13. The normalized spacial score (nSPS) is 18.1. The standard InChI is InChI=1S/C10H17NO4S/c1-10(2,6-16(3,14)15)11-9(13)7-4-8(12)5-7/h7H,4-6H2,1-3H3,(H,11,13). The summed E-state index contributed by atoms with van der Waals surface area (Å²) in [5.41, 5.74) is -0.788. The minimum Gasteiger partial charge on any atom is -0.350 e. The summed E-state index contributed by atoms with van der Waals surface area (Å²) in [5, 5.41) is 2.66. The number of hydrogen-bond acceptors (Lipinski definition) is 4. The molecule has 0 aromatic carbocycles. The number of sulfone groups is 1. The van der Waals surface area contributed by atoms with Crippen molar-refractivity contribution in [1.82, 2.24) is 5.32 Å². The average molecular weight is 247 g/mol. The molecule has 0 atom stereocenters. The lowest BCUT2D eigenvalue weighted by Crippen LogP contribution is -2.52. The first-order valence-electron chi connectivity index (χ1n) is 5.10. The molecule has 1 saturated carbocycles. The second-order valence-electron chi connectivity index (χ2n) is 5.09. The summed E-state index contributed by atoms with van der Waals surface area (Å²) in [7, 11) is -3.13. The summed E-state index contributed by atoms with van der Waals surface area (Å²) in [6, 6.07) is 0. The van der Waals surface area contributed by atoms with Crippen LogP contribution in [0.3, 0.4) is 0 Å². The maximum atomic E-state index is 11.6. The van der Waals surface area contributed by atoms with Gasteiger partial charge in [0.25, 0.3) is 0 Å². The first-order valence-corrected chi connectivity index (χ1v) is 7.16. The lowest BCUT2D eigenvalue weighted by atomic mass is 9.83. The van der Waals surface area contributed by atoms with Crippen molar-refractivity contribution in [3.63, 3.8) is 0 Å². The Morgan fingerprint density at radius 1 is 1.44 bits per heavy atom. The van der Waals surface area contributed by atoms with E-state index in [9.17, 15) is 18.0 Å². The SMILES string of the molecule is CC(C)(CS(C)(=O)=O)NC(=O)C1CC(=O)C1. The quantitative estimate of drug-likeness (QED) is 0.752. The van der Waals surface area contributed by atoms with Gasteiger partial charge in [0.15, 0.2) is 0 Å². The van der Waals surface area contributed by atoms with Crippen molar-refractivity contribution >= 4 is 21.5 Å². The van der Waals surface area contributed by atoms with Gasteiger partial charge in [-0.25, -0.2) is 8.42 Å². The van der Waals surface area contributed by atoms with Gasteiger partial charge >= 0.3 is 0 Å². The molecule has 1 aliphatic carbocycles. The topological polar surface area (TPSA) is 80.3 Å². The molecule has 0 bridgehead atoms. The lowest BCUT2D eigenvalue weighted by Gasteiger charge is -2.30. The van der Waals surface area contributed by atoms with E-state index in [2.05, 4.69) is 5.32 Å². The van der Waals surface area contributed by atoms with E-state index in [1.165, 1.54) is 0 Å². The van der Waals surface area contributed by atoms with Gasteiger partial charge in [-0.1, -0.05) is 0 Å². The van der Waals surface area contributed by atoms with Crippen molar-refractivity contribution in [1.29, 1.82) is 0 Å². The molecule has 1 amide bonds. The van der Waals surface area contributed by atoms with Gasteiger partial charge in [0.2, 0.25) is 5.91 Å². The molecule has 0 aliphatic heterocycles. The number of hydrogen-bond donors (Lipinski definition) is 1. The summed E-state index contributed by atoms with van der Waals surface area (Å²) in [6.07, 6.45) is 1.69. The van der Waals surface area contributed by atoms with Gasteiger partial charge in [0.1, 0.15) is 15.6 Å². The highest BCUT2D eigenvalue weighted by Crippen LogP contribution is 2.23. The summed E-state index contributed by atoms with van der Waals surface area (Å²) in [5.74, 6) is -0.521. The molecule has 0 spiro atoms. The number of amides is 1. The van der Waals surface area contributed by atoms with Gasteiger partial charge < -0.3 is 5.32 Å². The molecule has 1 rings (SSSR count). The van der Waals surface area contributed by atoms with E-state index in [0.29, 0.717) is 0 Å². The van der Waals surface area contributed by atoms with Gasteiger partial charge in [-0.2, -0.15) is 0 Å². The zero-order valence-corrected chi connectivity index (χ0v) is 10.6. The zero-order chi connectivity index (χ0) is 12.6. The van der Waals surface area contributed by atoms with Gasteiger partial charge in [0, 0.05) is 24.6 Å². The summed E-state index contributed by atoms with van der Waals surface area (Å²) in [6.45, 7) is 3.32. The van der Waals surface area contributed by atoms with Crippen LogP contribution in [0.15, 0.2) is 0 Å². The predicted octanol–water partition coefficient (Wildman–Crippen LogP) is -0.0951.